The van der Waals surface area contributed by atoms with E-state index in [1.54, 1.807) is 14.2 Å². The third-order valence-electron chi connectivity index (χ3n) is 4.62. The fourth-order valence-corrected chi connectivity index (χ4v) is 3.22. The lowest BCUT2D eigenvalue weighted by Crippen LogP contribution is -2.08. The summed E-state index contributed by atoms with van der Waals surface area (Å²) in [5.41, 5.74) is 5.70. The Labute approximate surface area is 161 Å². The van der Waals surface area contributed by atoms with Crippen LogP contribution in [0, 0.1) is 13.8 Å². The van der Waals surface area contributed by atoms with Gasteiger partial charge in [-0.2, -0.15) is 0 Å². The zero-order valence-corrected chi connectivity index (χ0v) is 16.5. The van der Waals surface area contributed by atoms with Crippen molar-refractivity contribution in [3.05, 3.63) is 60.2 Å². The largest absolute Gasteiger partial charge is 0.493 e. The molecule has 0 saturated carbocycles. The van der Waals surface area contributed by atoms with Crippen molar-refractivity contribution in [1.29, 1.82) is 0 Å². The second-order valence-corrected chi connectivity index (χ2v) is 6.60. The molecular formula is C22H27N3O2. The molecule has 0 spiro atoms. The number of nitrogens with one attached hydrogen (secondary N) is 1. The maximum atomic E-state index is 5.46. The minimum atomic E-state index is 0.734. The van der Waals surface area contributed by atoms with E-state index in [1.807, 2.05) is 25.4 Å². The molecular weight excluding hydrogens is 338 g/mol. The summed E-state index contributed by atoms with van der Waals surface area (Å²) in [4.78, 5) is 4.27. The number of rotatable bonds is 8. The zero-order chi connectivity index (χ0) is 19.2. The molecule has 1 heterocycles. The molecule has 0 bridgehead atoms. The van der Waals surface area contributed by atoms with Crippen LogP contribution >= 0.6 is 0 Å². The van der Waals surface area contributed by atoms with Crippen LogP contribution < -0.4 is 14.8 Å². The minimum absolute atomic E-state index is 0.734. The van der Waals surface area contributed by atoms with E-state index in [2.05, 4.69) is 52.3 Å². The third kappa shape index (κ3) is 4.42. The lowest BCUT2D eigenvalue weighted by Gasteiger charge is -2.16. The van der Waals surface area contributed by atoms with E-state index in [4.69, 9.17) is 9.47 Å². The van der Waals surface area contributed by atoms with Gasteiger partial charge in [0.15, 0.2) is 11.5 Å². The zero-order valence-electron chi connectivity index (χ0n) is 16.5. The summed E-state index contributed by atoms with van der Waals surface area (Å²) < 4.78 is 12.9. The number of para-hydroxylation sites is 1. The fourth-order valence-electron chi connectivity index (χ4n) is 3.22. The number of benzene rings is 2. The van der Waals surface area contributed by atoms with Gasteiger partial charge in [0.2, 0.25) is 0 Å². The van der Waals surface area contributed by atoms with E-state index in [0.29, 0.717) is 0 Å². The summed E-state index contributed by atoms with van der Waals surface area (Å²) in [6.07, 6.45) is 4.98. The van der Waals surface area contributed by atoms with Crippen LogP contribution in [0.5, 0.6) is 11.5 Å². The number of hydrogen-bond acceptors (Lipinski definition) is 4. The Bertz CT molecular complexity index is 902. The molecule has 5 heteroatoms. The molecule has 0 atom stereocenters. The molecule has 0 fully saturated rings. The van der Waals surface area contributed by atoms with Crippen molar-refractivity contribution in [1.82, 2.24) is 9.55 Å². The van der Waals surface area contributed by atoms with Crippen LogP contribution in [0.15, 0.2) is 48.9 Å². The Morgan fingerprint density at radius 1 is 1.04 bits per heavy atom. The van der Waals surface area contributed by atoms with E-state index in [0.717, 1.165) is 53.5 Å². The lowest BCUT2D eigenvalue weighted by molar-refractivity contribution is 0.355. The van der Waals surface area contributed by atoms with E-state index in [9.17, 15) is 0 Å². The van der Waals surface area contributed by atoms with Gasteiger partial charge in [-0.1, -0.05) is 24.3 Å². The van der Waals surface area contributed by atoms with Crippen molar-refractivity contribution in [2.24, 2.45) is 0 Å². The van der Waals surface area contributed by atoms with Crippen LogP contribution in [-0.4, -0.2) is 30.3 Å². The monoisotopic (exact) mass is 365 g/mol. The van der Waals surface area contributed by atoms with Crippen molar-refractivity contribution in [3.8, 4) is 22.6 Å². The summed E-state index contributed by atoms with van der Waals surface area (Å²) in [6.45, 7) is 5.98. The molecule has 0 radical (unpaired) electrons. The molecule has 2 aromatic carbocycles. The predicted molar refractivity (Wildman–Crippen MR) is 110 cm³/mol. The first kappa shape index (κ1) is 18.8. The Kier molecular flexibility index (Phi) is 6.01. The predicted octanol–water partition coefficient (Wildman–Crippen LogP) is 4.69. The number of imidazole rings is 1. The van der Waals surface area contributed by atoms with E-state index in [-0.39, 0.29) is 0 Å². The normalized spacial score (nSPS) is 10.7. The van der Waals surface area contributed by atoms with E-state index in [1.165, 1.54) is 5.56 Å². The maximum Gasteiger partial charge on any atom is 0.161 e. The number of hydrogen-bond donors (Lipinski definition) is 1. The molecule has 5 nitrogen and oxygen atoms in total. The van der Waals surface area contributed by atoms with Gasteiger partial charge in [-0.25, -0.2) is 4.98 Å². The summed E-state index contributed by atoms with van der Waals surface area (Å²) in [6, 6.07) is 12.4. The third-order valence-corrected chi connectivity index (χ3v) is 4.62. The Morgan fingerprint density at radius 3 is 2.56 bits per heavy atom. The number of aryl methyl sites for hydroxylation is 3. The molecule has 0 aliphatic rings. The molecule has 1 N–H and O–H groups in total. The van der Waals surface area contributed by atoms with Crippen molar-refractivity contribution in [2.75, 3.05) is 26.1 Å². The minimum Gasteiger partial charge on any atom is -0.493 e. The van der Waals surface area contributed by atoms with Gasteiger partial charge in [-0.3, -0.25) is 0 Å². The lowest BCUT2D eigenvalue weighted by atomic mass is 10.00. The topological polar surface area (TPSA) is 48.3 Å². The second-order valence-electron chi connectivity index (χ2n) is 6.60. The van der Waals surface area contributed by atoms with Crippen LogP contribution in [0.3, 0.4) is 0 Å². The highest BCUT2D eigenvalue weighted by atomic mass is 16.5. The van der Waals surface area contributed by atoms with E-state index < -0.39 is 0 Å². The highest BCUT2D eigenvalue weighted by Gasteiger charge is 2.11. The van der Waals surface area contributed by atoms with Gasteiger partial charge in [0, 0.05) is 30.5 Å². The first-order valence-corrected chi connectivity index (χ1v) is 9.16. The van der Waals surface area contributed by atoms with Crippen molar-refractivity contribution in [2.45, 2.75) is 26.8 Å². The Hall–Kier alpha value is -2.95. The van der Waals surface area contributed by atoms with Crippen molar-refractivity contribution in [3.63, 3.8) is 0 Å². The van der Waals surface area contributed by atoms with Gasteiger partial charge in [0.25, 0.3) is 0 Å². The fraction of sp³-hybridized carbons (Fsp3) is 0.318. The second kappa shape index (κ2) is 8.62. The highest BCUT2D eigenvalue weighted by Crippen LogP contribution is 2.36. The quantitative estimate of drug-likeness (QED) is 0.589. The first-order valence-electron chi connectivity index (χ1n) is 9.16. The van der Waals surface area contributed by atoms with Crippen LogP contribution in [0.2, 0.25) is 0 Å². The Balaban J connectivity index is 1.76. The number of methoxy groups -OCH3 is 2. The SMILES string of the molecule is COc1ccc(-c2cccc(C)c2NCCCn2cnc(C)c2)cc1OC. The molecule has 0 aliphatic carbocycles. The molecule has 27 heavy (non-hydrogen) atoms. The van der Waals surface area contributed by atoms with Crippen molar-refractivity contribution < 1.29 is 9.47 Å². The number of ether oxygens (including phenoxy) is 2. The standard InChI is InChI=1S/C22H27N3O2/c1-16-7-5-8-19(18-9-10-20(26-3)21(13-18)27-4)22(16)23-11-6-12-25-14-17(2)24-15-25/h5,7-10,13-15,23H,6,11-12H2,1-4H3. The highest BCUT2D eigenvalue weighted by molar-refractivity contribution is 5.81. The van der Waals surface area contributed by atoms with Crippen LogP contribution in [-0.2, 0) is 6.54 Å². The molecule has 1 aromatic heterocycles. The molecule has 3 aromatic rings. The number of nitrogens with zero attached hydrogens (tertiary/aromatic N) is 2. The molecule has 0 amide bonds. The van der Waals surface area contributed by atoms with Crippen LogP contribution in [0.25, 0.3) is 11.1 Å². The molecule has 0 unspecified atom stereocenters. The van der Waals surface area contributed by atoms with Gasteiger partial charge in [-0.15, -0.1) is 0 Å². The van der Waals surface area contributed by atoms with Gasteiger partial charge in [0.05, 0.1) is 26.2 Å². The number of anilines is 1. The summed E-state index contributed by atoms with van der Waals surface area (Å²) in [7, 11) is 3.31. The van der Waals surface area contributed by atoms with Gasteiger partial charge in [-0.05, 0) is 43.5 Å². The van der Waals surface area contributed by atoms with Gasteiger partial charge >= 0.3 is 0 Å². The van der Waals surface area contributed by atoms with Gasteiger partial charge in [0.1, 0.15) is 0 Å². The van der Waals surface area contributed by atoms with Gasteiger partial charge < -0.3 is 19.4 Å². The average Bonchev–Trinajstić information content (AvgIpc) is 3.10. The molecule has 0 aliphatic heterocycles. The summed E-state index contributed by atoms with van der Waals surface area (Å²) >= 11 is 0. The average molecular weight is 365 g/mol. The molecule has 142 valence electrons. The van der Waals surface area contributed by atoms with E-state index >= 15 is 0 Å². The first-order chi connectivity index (χ1) is 13.1. The smallest absolute Gasteiger partial charge is 0.161 e. The maximum absolute atomic E-state index is 5.46. The summed E-state index contributed by atoms with van der Waals surface area (Å²) in [5.74, 6) is 1.47. The molecule has 0 saturated heterocycles. The van der Waals surface area contributed by atoms with Crippen LogP contribution in [0.4, 0.5) is 5.69 Å². The van der Waals surface area contributed by atoms with Crippen molar-refractivity contribution >= 4 is 5.69 Å². The van der Waals surface area contributed by atoms with Crippen LogP contribution in [0.1, 0.15) is 17.7 Å². The summed E-state index contributed by atoms with van der Waals surface area (Å²) in [5, 5.41) is 3.62. The molecule has 3 rings (SSSR count). The Morgan fingerprint density at radius 2 is 1.85 bits per heavy atom. The number of aromatic nitrogens is 2.